The van der Waals surface area contributed by atoms with E-state index in [9.17, 15) is 4.79 Å². The zero-order valence-corrected chi connectivity index (χ0v) is 11.1. The van der Waals surface area contributed by atoms with Crippen molar-refractivity contribution in [2.24, 2.45) is 11.3 Å². The molecule has 0 aliphatic carbocycles. The highest BCUT2D eigenvalue weighted by molar-refractivity contribution is 5.85. The molecule has 1 amide bonds. The number of hydrogen-bond acceptors (Lipinski definition) is 2. The first-order valence-corrected chi connectivity index (χ1v) is 6.12. The Hall–Kier alpha value is -0.280. The van der Waals surface area contributed by atoms with E-state index in [-0.39, 0.29) is 18.3 Å². The molecular formula is C12H23ClN2O. The van der Waals surface area contributed by atoms with Gasteiger partial charge >= 0.3 is 0 Å². The van der Waals surface area contributed by atoms with Crippen molar-refractivity contribution in [1.29, 1.82) is 0 Å². The number of hydrogen-bond donors (Lipinski definition) is 1. The van der Waals surface area contributed by atoms with E-state index < -0.39 is 0 Å². The average molecular weight is 247 g/mol. The van der Waals surface area contributed by atoms with E-state index in [1.165, 1.54) is 19.3 Å². The third-order valence-corrected chi connectivity index (χ3v) is 3.96. The molecule has 0 unspecified atom stereocenters. The van der Waals surface area contributed by atoms with Gasteiger partial charge in [0.15, 0.2) is 0 Å². The number of piperidine rings is 1. The summed E-state index contributed by atoms with van der Waals surface area (Å²) in [6.45, 7) is 8.25. The number of nitrogens with one attached hydrogen (secondary N) is 1. The van der Waals surface area contributed by atoms with E-state index in [1.807, 2.05) is 18.7 Å². The van der Waals surface area contributed by atoms with Crippen LogP contribution in [0.2, 0.25) is 0 Å². The zero-order chi connectivity index (χ0) is 10.9. The normalized spacial score (nSPS) is 23.6. The maximum atomic E-state index is 11.8. The molecule has 1 N–H and O–H groups in total. The fourth-order valence-corrected chi connectivity index (χ4v) is 2.79. The van der Waals surface area contributed by atoms with Gasteiger partial charge in [0.25, 0.3) is 0 Å². The molecular weight excluding hydrogens is 224 g/mol. The van der Waals surface area contributed by atoms with Gasteiger partial charge in [0.05, 0.1) is 0 Å². The van der Waals surface area contributed by atoms with E-state index in [1.54, 1.807) is 0 Å². The van der Waals surface area contributed by atoms with Crippen LogP contribution in [0.3, 0.4) is 0 Å². The molecule has 0 aromatic rings. The molecule has 2 saturated heterocycles. The summed E-state index contributed by atoms with van der Waals surface area (Å²) in [5, 5.41) is 3.45. The molecule has 2 aliphatic heterocycles. The minimum Gasteiger partial charge on any atom is -0.342 e. The number of rotatable bonds is 1. The minimum atomic E-state index is 0. The molecule has 2 aliphatic rings. The quantitative estimate of drug-likeness (QED) is 0.764. The van der Waals surface area contributed by atoms with Crippen LogP contribution < -0.4 is 5.32 Å². The summed E-state index contributed by atoms with van der Waals surface area (Å²) in [4.78, 5) is 13.9. The lowest BCUT2D eigenvalue weighted by molar-refractivity contribution is -0.136. The summed E-state index contributed by atoms with van der Waals surface area (Å²) in [6, 6.07) is 0. The minimum absolute atomic E-state index is 0. The Morgan fingerprint density at radius 3 is 2.31 bits per heavy atom. The summed E-state index contributed by atoms with van der Waals surface area (Å²) in [5.41, 5.74) is 0.522. The van der Waals surface area contributed by atoms with Gasteiger partial charge < -0.3 is 10.2 Å². The van der Waals surface area contributed by atoms with Gasteiger partial charge in [-0.05, 0) is 31.2 Å². The summed E-state index contributed by atoms with van der Waals surface area (Å²) in [5.74, 6) is 0.483. The van der Waals surface area contributed by atoms with E-state index in [2.05, 4.69) is 5.32 Å². The van der Waals surface area contributed by atoms with Gasteiger partial charge in [-0.15, -0.1) is 12.4 Å². The second-order valence-corrected chi connectivity index (χ2v) is 5.41. The molecule has 2 heterocycles. The standard InChI is InChI=1S/C12H22N2O.ClH/c1-10(2)11(15)14-7-4-12(5-8-14)3-6-13-9-12;/h10,13H,3-9H2,1-2H3;1H. The molecule has 16 heavy (non-hydrogen) atoms. The van der Waals surface area contributed by atoms with E-state index in [0.29, 0.717) is 11.3 Å². The van der Waals surface area contributed by atoms with Gasteiger partial charge in [-0.3, -0.25) is 4.79 Å². The van der Waals surface area contributed by atoms with Crippen molar-refractivity contribution < 1.29 is 4.79 Å². The topological polar surface area (TPSA) is 32.3 Å². The van der Waals surface area contributed by atoms with E-state index in [4.69, 9.17) is 0 Å². The second kappa shape index (κ2) is 5.37. The highest BCUT2D eigenvalue weighted by atomic mass is 35.5. The van der Waals surface area contributed by atoms with Crippen molar-refractivity contribution in [3.8, 4) is 0 Å². The maximum absolute atomic E-state index is 11.8. The Labute approximate surface area is 104 Å². The van der Waals surface area contributed by atoms with Crippen LogP contribution in [-0.4, -0.2) is 37.0 Å². The Bertz CT molecular complexity index is 239. The smallest absolute Gasteiger partial charge is 0.225 e. The Morgan fingerprint density at radius 1 is 1.25 bits per heavy atom. The number of likely N-dealkylation sites (tertiary alicyclic amines) is 1. The van der Waals surface area contributed by atoms with Crippen LogP contribution >= 0.6 is 12.4 Å². The second-order valence-electron chi connectivity index (χ2n) is 5.41. The first kappa shape index (κ1) is 13.8. The SMILES string of the molecule is CC(C)C(=O)N1CCC2(CCNC2)CC1.Cl. The lowest BCUT2D eigenvalue weighted by Gasteiger charge is -2.39. The van der Waals surface area contributed by atoms with Gasteiger partial charge in [-0.2, -0.15) is 0 Å². The van der Waals surface area contributed by atoms with Crippen LogP contribution in [0, 0.1) is 11.3 Å². The molecule has 0 radical (unpaired) electrons. The van der Waals surface area contributed by atoms with Crippen molar-refractivity contribution in [2.45, 2.75) is 33.1 Å². The molecule has 2 fully saturated rings. The fraction of sp³-hybridized carbons (Fsp3) is 0.917. The molecule has 3 nitrogen and oxygen atoms in total. The predicted molar refractivity (Wildman–Crippen MR) is 67.8 cm³/mol. The summed E-state index contributed by atoms with van der Waals surface area (Å²) in [7, 11) is 0. The lowest BCUT2D eigenvalue weighted by Crippen LogP contribution is -2.45. The largest absolute Gasteiger partial charge is 0.342 e. The third-order valence-electron chi connectivity index (χ3n) is 3.96. The summed E-state index contributed by atoms with van der Waals surface area (Å²) in [6.07, 6.45) is 3.69. The van der Waals surface area contributed by atoms with Gasteiger partial charge in [-0.1, -0.05) is 13.8 Å². The van der Waals surface area contributed by atoms with Crippen LogP contribution in [0.4, 0.5) is 0 Å². The van der Waals surface area contributed by atoms with Crippen LogP contribution in [0.15, 0.2) is 0 Å². The van der Waals surface area contributed by atoms with Crippen molar-refractivity contribution >= 4 is 18.3 Å². The molecule has 1 spiro atoms. The molecule has 4 heteroatoms. The number of carbonyl (C=O) groups excluding carboxylic acids is 1. The van der Waals surface area contributed by atoms with Crippen molar-refractivity contribution in [3.05, 3.63) is 0 Å². The maximum Gasteiger partial charge on any atom is 0.225 e. The van der Waals surface area contributed by atoms with Crippen molar-refractivity contribution in [1.82, 2.24) is 10.2 Å². The van der Waals surface area contributed by atoms with Gasteiger partial charge in [0.2, 0.25) is 5.91 Å². The molecule has 94 valence electrons. The van der Waals surface area contributed by atoms with E-state index in [0.717, 1.165) is 26.2 Å². The summed E-state index contributed by atoms with van der Waals surface area (Å²) < 4.78 is 0. The predicted octanol–water partition coefficient (Wildman–Crippen LogP) is 1.67. The number of amides is 1. The van der Waals surface area contributed by atoms with Crippen LogP contribution in [-0.2, 0) is 4.79 Å². The molecule has 2 rings (SSSR count). The first-order chi connectivity index (χ1) is 7.13. The zero-order valence-electron chi connectivity index (χ0n) is 10.3. The molecule has 0 atom stereocenters. The molecule has 0 aromatic heterocycles. The van der Waals surface area contributed by atoms with Crippen molar-refractivity contribution in [3.63, 3.8) is 0 Å². The van der Waals surface area contributed by atoms with Gasteiger partial charge in [0, 0.05) is 25.6 Å². The van der Waals surface area contributed by atoms with Gasteiger partial charge in [0.1, 0.15) is 0 Å². The van der Waals surface area contributed by atoms with Gasteiger partial charge in [-0.25, -0.2) is 0 Å². The Morgan fingerprint density at radius 2 is 1.88 bits per heavy atom. The Balaban J connectivity index is 0.00000128. The highest BCUT2D eigenvalue weighted by Gasteiger charge is 2.38. The number of nitrogens with zero attached hydrogens (tertiary/aromatic N) is 1. The molecule has 0 saturated carbocycles. The van der Waals surface area contributed by atoms with Crippen molar-refractivity contribution in [2.75, 3.05) is 26.2 Å². The first-order valence-electron chi connectivity index (χ1n) is 6.12. The fourth-order valence-electron chi connectivity index (χ4n) is 2.79. The van der Waals surface area contributed by atoms with Crippen LogP contribution in [0.1, 0.15) is 33.1 Å². The average Bonchev–Trinajstić information content (AvgIpc) is 2.67. The lowest BCUT2D eigenvalue weighted by atomic mass is 9.77. The third kappa shape index (κ3) is 2.69. The van der Waals surface area contributed by atoms with Crippen LogP contribution in [0.5, 0.6) is 0 Å². The molecule has 0 bridgehead atoms. The summed E-state index contributed by atoms with van der Waals surface area (Å²) >= 11 is 0. The Kier molecular flexibility index (Phi) is 4.62. The highest BCUT2D eigenvalue weighted by Crippen LogP contribution is 2.37. The number of halogens is 1. The molecule has 0 aromatic carbocycles. The monoisotopic (exact) mass is 246 g/mol. The van der Waals surface area contributed by atoms with Crippen LogP contribution in [0.25, 0.3) is 0 Å². The number of carbonyl (C=O) groups is 1. The van der Waals surface area contributed by atoms with E-state index >= 15 is 0 Å².